The molecule has 0 saturated carbocycles. The third kappa shape index (κ3) is 7.31. The molecule has 2 aliphatic heterocycles. The Bertz CT molecular complexity index is 2660. The molecule has 14 nitrogen and oxygen atoms in total. The number of aromatic nitrogens is 4. The number of methoxy groups -OCH3 is 1. The average Bonchev–Trinajstić information content (AvgIpc) is 4.13. The predicted molar refractivity (Wildman–Crippen MR) is 231 cm³/mol. The molecule has 320 valence electrons. The minimum atomic E-state index is -1.58. The Balaban J connectivity index is 0.921. The average molecular weight is 837 g/mol. The molecule has 62 heavy (non-hydrogen) atoms. The first kappa shape index (κ1) is 41.0. The van der Waals surface area contributed by atoms with Gasteiger partial charge < -0.3 is 34.8 Å². The summed E-state index contributed by atoms with van der Waals surface area (Å²) in [6.07, 6.45) is 4.32. The van der Waals surface area contributed by atoms with Gasteiger partial charge >= 0.3 is 12.2 Å². The summed E-state index contributed by atoms with van der Waals surface area (Å²) in [5, 5.41) is 28.7. The molecule has 2 saturated heterocycles. The topological polar surface area (TPSA) is 180 Å². The first-order valence-electron chi connectivity index (χ1n) is 21.6. The summed E-state index contributed by atoms with van der Waals surface area (Å²) in [6.45, 7) is 6.49. The number of hydrogen-bond acceptors (Lipinski definition) is 9. The number of hydroxylamine groups is 2. The SMILES string of the molecule is COC(=O)NC(C(=O)N1CCCC1c1nc2ccc(-c3ccc4c(c3)CCc3cc(-c5cnc(C6CCCN6[N+](O)(C(=O)[O-])C(C)c6ccccc6)[nH]5)ccc3-4)cc2[nH]1)C(C)C. The Morgan fingerprint density at radius 2 is 1.50 bits per heavy atom. The lowest BCUT2D eigenvalue weighted by Gasteiger charge is -2.42. The van der Waals surface area contributed by atoms with Crippen LogP contribution < -0.4 is 10.4 Å². The van der Waals surface area contributed by atoms with Gasteiger partial charge in [0, 0.05) is 12.1 Å². The second-order valence-electron chi connectivity index (χ2n) is 17.2. The lowest BCUT2D eigenvalue weighted by molar-refractivity contribution is -1.16. The third-order valence-electron chi connectivity index (χ3n) is 13.2. The van der Waals surface area contributed by atoms with Crippen LogP contribution in [0.25, 0.3) is 44.5 Å². The number of carboxylic acid groups (broad SMARTS) is 1. The molecule has 2 fully saturated rings. The molecule has 3 aliphatic rings. The maximum atomic E-state index is 13.7. The number of amides is 3. The highest BCUT2D eigenvalue weighted by Crippen LogP contribution is 2.42. The van der Waals surface area contributed by atoms with Gasteiger partial charge in [0.15, 0.2) is 6.04 Å². The number of carbonyl (C=O) groups excluding carboxylic acids is 3. The van der Waals surface area contributed by atoms with E-state index in [1.807, 2.05) is 55.1 Å². The summed E-state index contributed by atoms with van der Waals surface area (Å²) in [4.78, 5) is 56.8. The number of rotatable bonds is 10. The minimum absolute atomic E-state index is 0.110. The number of aryl methyl sites for hydroxylation is 2. The largest absolute Gasteiger partial charge is 0.494 e. The fourth-order valence-corrected chi connectivity index (χ4v) is 9.77. The molecule has 4 N–H and O–H groups in total. The molecule has 14 heteroatoms. The summed E-state index contributed by atoms with van der Waals surface area (Å²) in [5.74, 6) is 1.10. The second-order valence-corrected chi connectivity index (χ2v) is 17.2. The molecule has 3 amide bonds. The highest BCUT2D eigenvalue weighted by molar-refractivity contribution is 5.87. The third-order valence-corrected chi connectivity index (χ3v) is 13.2. The maximum absolute atomic E-state index is 13.7. The Morgan fingerprint density at radius 3 is 2.21 bits per heavy atom. The Morgan fingerprint density at radius 1 is 0.839 bits per heavy atom. The number of quaternary nitrogens is 1. The van der Waals surface area contributed by atoms with Crippen molar-refractivity contribution in [3.05, 3.63) is 119 Å². The fourth-order valence-electron chi connectivity index (χ4n) is 9.77. The number of benzene rings is 4. The number of alkyl carbamates (subject to hydrolysis) is 1. The van der Waals surface area contributed by atoms with Crippen LogP contribution in [0.15, 0.2) is 91.1 Å². The normalized spacial score (nSPS) is 19.5. The van der Waals surface area contributed by atoms with E-state index in [4.69, 9.17) is 14.7 Å². The first-order valence-corrected chi connectivity index (χ1v) is 21.6. The molecule has 6 aromatic rings. The number of carbonyl (C=O) groups is 3. The summed E-state index contributed by atoms with van der Waals surface area (Å²) in [5.41, 5.74) is 11.4. The molecular formula is C48H52N8O6. The quantitative estimate of drug-likeness (QED) is 0.0609. The van der Waals surface area contributed by atoms with Gasteiger partial charge in [0.25, 0.3) is 0 Å². The molecule has 5 unspecified atom stereocenters. The summed E-state index contributed by atoms with van der Waals surface area (Å²) >= 11 is 0. The molecule has 9 rings (SSSR count). The van der Waals surface area contributed by atoms with Gasteiger partial charge in [0.1, 0.15) is 23.7 Å². The lowest BCUT2D eigenvalue weighted by Crippen LogP contribution is -2.66. The monoisotopic (exact) mass is 836 g/mol. The number of nitrogens with zero attached hydrogens (tertiary/aromatic N) is 5. The van der Waals surface area contributed by atoms with Gasteiger partial charge in [-0.05, 0) is 109 Å². The molecule has 4 aromatic carbocycles. The van der Waals surface area contributed by atoms with E-state index >= 15 is 0 Å². The van der Waals surface area contributed by atoms with Crippen LogP contribution in [-0.4, -0.2) is 84.1 Å². The number of imidazole rings is 2. The zero-order chi connectivity index (χ0) is 43.3. The molecule has 0 radical (unpaired) electrons. The van der Waals surface area contributed by atoms with Crippen molar-refractivity contribution in [1.29, 1.82) is 0 Å². The van der Waals surface area contributed by atoms with E-state index in [0.717, 1.165) is 64.9 Å². The Kier molecular flexibility index (Phi) is 10.9. The molecular weight excluding hydrogens is 785 g/mol. The van der Waals surface area contributed by atoms with Crippen molar-refractivity contribution >= 4 is 29.1 Å². The van der Waals surface area contributed by atoms with Crippen LogP contribution in [-0.2, 0) is 22.4 Å². The number of fused-ring (bicyclic) bond motifs is 4. The van der Waals surface area contributed by atoms with E-state index in [-0.39, 0.29) is 17.9 Å². The molecule has 5 atom stereocenters. The van der Waals surface area contributed by atoms with Crippen molar-refractivity contribution in [3.8, 4) is 33.5 Å². The second kappa shape index (κ2) is 16.5. The zero-order valence-corrected chi connectivity index (χ0v) is 35.4. The van der Waals surface area contributed by atoms with E-state index < -0.39 is 35.1 Å². The van der Waals surface area contributed by atoms with Gasteiger partial charge in [-0.3, -0.25) is 4.79 Å². The summed E-state index contributed by atoms with van der Waals surface area (Å²) in [7, 11) is 1.30. The van der Waals surface area contributed by atoms with Gasteiger partial charge in [0.2, 0.25) is 5.91 Å². The van der Waals surface area contributed by atoms with Crippen molar-refractivity contribution in [1.82, 2.24) is 35.2 Å². The van der Waals surface area contributed by atoms with E-state index in [9.17, 15) is 24.7 Å². The number of likely N-dealkylation sites (tertiary alicyclic amines) is 1. The van der Waals surface area contributed by atoms with Crippen LogP contribution in [0.5, 0.6) is 0 Å². The molecule has 0 spiro atoms. The fraction of sp³-hybridized carbons (Fsp3) is 0.354. The van der Waals surface area contributed by atoms with Crippen molar-refractivity contribution in [2.45, 2.75) is 83.5 Å². The number of H-pyrrole nitrogens is 2. The van der Waals surface area contributed by atoms with Gasteiger partial charge in [0.05, 0.1) is 42.6 Å². The van der Waals surface area contributed by atoms with Crippen LogP contribution in [0.1, 0.15) is 92.9 Å². The Hall–Kier alpha value is -6.35. The smallest absolute Gasteiger partial charge is 0.407 e. The van der Waals surface area contributed by atoms with Crippen molar-refractivity contribution in [2.24, 2.45) is 5.92 Å². The van der Waals surface area contributed by atoms with Crippen LogP contribution in [0.4, 0.5) is 9.59 Å². The minimum Gasteiger partial charge on any atom is -0.494 e. The van der Waals surface area contributed by atoms with Gasteiger partial charge in [-0.25, -0.2) is 14.8 Å². The van der Waals surface area contributed by atoms with Crippen LogP contribution in [0.3, 0.4) is 0 Å². The highest BCUT2D eigenvalue weighted by Gasteiger charge is 2.50. The van der Waals surface area contributed by atoms with Crippen LogP contribution >= 0.6 is 0 Å². The number of nitrogens with one attached hydrogen (secondary N) is 3. The Labute approximate surface area is 360 Å². The highest BCUT2D eigenvalue weighted by atomic mass is 16.7. The maximum Gasteiger partial charge on any atom is 0.407 e. The molecule has 0 bridgehead atoms. The molecule has 1 aliphatic carbocycles. The van der Waals surface area contributed by atoms with Crippen molar-refractivity contribution in [3.63, 3.8) is 0 Å². The molecule has 4 heterocycles. The number of hydrogen-bond donors (Lipinski definition) is 4. The van der Waals surface area contributed by atoms with E-state index in [1.165, 1.54) is 29.4 Å². The summed E-state index contributed by atoms with van der Waals surface area (Å²) < 4.78 is 3.43. The number of aromatic amines is 2. The lowest BCUT2D eigenvalue weighted by atomic mass is 9.83. The van der Waals surface area contributed by atoms with Gasteiger partial charge in [-0.2, -0.15) is 5.21 Å². The van der Waals surface area contributed by atoms with Gasteiger partial charge in [-0.15, -0.1) is 5.01 Å². The predicted octanol–water partition coefficient (Wildman–Crippen LogP) is 7.79. The number of ether oxygens (including phenoxy) is 1. The summed E-state index contributed by atoms with van der Waals surface area (Å²) in [6, 6.07) is 26.4. The van der Waals surface area contributed by atoms with Crippen molar-refractivity contribution < 1.29 is 34.2 Å². The van der Waals surface area contributed by atoms with E-state index in [2.05, 4.69) is 63.8 Å². The zero-order valence-electron chi connectivity index (χ0n) is 35.4. The van der Waals surface area contributed by atoms with E-state index in [1.54, 1.807) is 18.1 Å². The van der Waals surface area contributed by atoms with E-state index in [0.29, 0.717) is 37.3 Å². The van der Waals surface area contributed by atoms with Gasteiger partial charge in [-0.1, -0.05) is 85.3 Å². The first-order chi connectivity index (χ1) is 29.9. The van der Waals surface area contributed by atoms with Crippen LogP contribution in [0.2, 0.25) is 0 Å². The van der Waals surface area contributed by atoms with Crippen LogP contribution in [0, 0.1) is 5.92 Å². The molecule has 2 aromatic heterocycles. The van der Waals surface area contributed by atoms with Crippen molar-refractivity contribution in [2.75, 3.05) is 20.2 Å². The standard InChI is InChI=1S/C48H52N8O6/c1-28(2)43(53-47(58)62-4)46(57)54-22-8-12-41(54)45-50-38-21-18-32(26-39(38)51-45)31-16-19-36-33(24-31)14-15-34-25-35(17-20-37(34)36)40-27-49-44(52-40)42-13-9-23-55(42)56(61,48(59)60)29(3)30-10-6-5-7-11-30/h5-7,10-11,16-21,24-29,41-43,61H,8-9,12-15,22-23H2,1-4H3,(H3-,49,50,51,52,53,58,59,60).